The molecule has 0 atom stereocenters. The topological polar surface area (TPSA) is 42.0 Å². The first-order valence-electron chi connectivity index (χ1n) is 7.02. The average molecular weight is 308 g/mol. The van der Waals surface area contributed by atoms with Crippen molar-refractivity contribution < 1.29 is 4.79 Å². The van der Waals surface area contributed by atoms with Gasteiger partial charge in [-0.15, -0.1) is 11.8 Å². The number of fused-ring (bicyclic) bond motifs is 1. The van der Waals surface area contributed by atoms with Crippen molar-refractivity contribution in [2.24, 2.45) is 0 Å². The van der Waals surface area contributed by atoms with Gasteiger partial charge in [-0.05, 0) is 48.2 Å². The molecule has 1 heterocycles. The van der Waals surface area contributed by atoms with Crippen molar-refractivity contribution in [3.63, 3.8) is 0 Å². The summed E-state index contributed by atoms with van der Waals surface area (Å²) in [5.41, 5.74) is 2.65. The fraction of sp³-hybridized carbons (Fsp3) is 0.111. The molecule has 0 aliphatic heterocycles. The molecule has 0 aliphatic carbocycles. The van der Waals surface area contributed by atoms with Crippen LogP contribution in [0, 0.1) is 0 Å². The zero-order chi connectivity index (χ0) is 15.4. The maximum absolute atomic E-state index is 12.3. The maximum Gasteiger partial charge on any atom is 0.251 e. The number of pyridine rings is 1. The van der Waals surface area contributed by atoms with Crippen molar-refractivity contribution in [2.45, 2.75) is 11.4 Å². The second kappa shape index (κ2) is 6.62. The fourth-order valence-corrected chi connectivity index (χ4v) is 2.77. The Morgan fingerprint density at radius 1 is 1.14 bits per heavy atom. The Kier molecular flexibility index (Phi) is 4.39. The minimum Gasteiger partial charge on any atom is -0.348 e. The first-order chi connectivity index (χ1) is 10.8. The standard InChI is InChI=1S/C18H16N2OS/c1-22-16-6-2-4-13(10-16)12-20-18(21)15-7-8-17-14(11-15)5-3-9-19-17/h2-11H,12H2,1H3,(H,20,21). The summed E-state index contributed by atoms with van der Waals surface area (Å²) in [6, 6.07) is 17.6. The van der Waals surface area contributed by atoms with E-state index in [0.29, 0.717) is 12.1 Å². The molecule has 3 rings (SSSR count). The van der Waals surface area contributed by atoms with Crippen LogP contribution in [0.5, 0.6) is 0 Å². The van der Waals surface area contributed by atoms with Crippen LogP contribution in [0.2, 0.25) is 0 Å². The van der Waals surface area contributed by atoms with E-state index in [-0.39, 0.29) is 5.91 Å². The number of nitrogens with zero attached hydrogens (tertiary/aromatic N) is 1. The Labute approximate surface area is 133 Å². The number of rotatable bonds is 4. The van der Waals surface area contributed by atoms with Crippen LogP contribution in [0.4, 0.5) is 0 Å². The molecule has 2 aromatic carbocycles. The number of carbonyl (C=O) groups excluding carboxylic acids is 1. The largest absolute Gasteiger partial charge is 0.348 e. The molecule has 3 nitrogen and oxygen atoms in total. The van der Waals surface area contributed by atoms with Crippen molar-refractivity contribution in [3.8, 4) is 0 Å². The molecule has 1 N–H and O–H groups in total. The molecular weight excluding hydrogens is 292 g/mol. The second-order valence-electron chi connectivity index (χ2n) is 4.95. The summed E-state index contributed by atoms with van der Waals surface area (Å²) in [6.45, 7) is 0.526. The number of hydrogen-bond donors (Lipinski definition) is 1. The molecule has 0 fully saturated rings. The molecule has 22 heavy (non-hydrogen) atoms. The van der Waals surface area contributed by atoms with E-state index < -0.39 is 0 Å². The smallest absolute Gasteiger partial charge is 0.251 e. The minimum absolute atomic E-state index is 0.0692. The van der Waals surface area contributed by atoms with Crippen LogP contribution in [0.25, 0.3) is 10.9 Å². The van der Waals surface area contributed by atoms with Gasteiger partial charge in [0.15, 0.2) is 0 Å². The lowest BCUT2D eigenvalue weighted by atomic mass is 10.1. The van der Waals surface area contributed by atoms with E-state index in [4.69, 9.17) is 0 Å². The van der Waals surface area contributed by atoms with Crippen molar-refractivity contribution >= 4 is 28.6 Å². The molecule has 0 saturated heterocycles. The minimum atomic E-state index is -0.0692. The Bertz CT molecular complexity index is 817. The second-order valence-corrected chi connectivity index (χ2v) is 5.82. The highest BCUT2D eigenvalue weighted by molar-refractivity contribution is 7.98. The third-order valence-corrected chi connectivity index (χ3v) is 4.18. The Morgan fingerprint density at radius 2 is 2.05 bits per heavy atom. The van der Waals surface area contributed by atoms with Crippen molar-refractivity contribution in [1.82, 2.24) is 10.3 Å². The summed E-state index contributed by atoms with van der Waals surface area (Å²) in [4.78, 5) is 17.7. The van der Waals surface area contributed by atoms with E-state index in [2.05, 4.69) is 22.4 Å². The normalized spacial score (nSPS) is 10.6. The van der Waals surface area contributed by atoms with Gasteiger partial charge in [0.1, 0.15) is 0 Å². The van der Waals surface area contributed by atoms with Gasteiger partial charge in [-0.3, -0.25) is 9.78 Å². The molecule has 3 aromatic rings. The number of amides is 1. The Morgan fingerprint density at radius 3 is 2.91 bits per heavy atom. The maximum atomic E-state index is 12.3. The molecule has 1 aromatic heterocycles. The van der Waals surface area contributed by atoms with E-state index in [9.17, 15) is 4.79 Å². The third kappa shape index (κ3) is 3.28. The molecule has 4 heteroatoms. The SMILES string of the molecule is CSc1cccc(CNC(=O)c2ccc3ncccc3c2)c1. The highest BCUT2D eigenvalue weighted by Gasteiger charge is 2.06. The summed E-state index contributed by atoms with van der Waals surface area (Å²) in [6.07, 6.45) is 3.79. The van der Waals surface area contributed by atoms with Gasteiger partial charge >= 0.3 is 0 Å². The molecule has 1 amide bonds. The predicted octanol–water partition coefficient (Wildman–Crippen LogP) is 3.89. The number of nitrogens with one attached hydrogen (secondary N) is 1. The summed E-state index contributed by atoms with van der Waals surface area (Å²) >= 11 is 1.70. The van der Waals surface area contributed by atoms with Gasteiger partial charge in [0.05, 0.1) is 5.52 Å². The van der Waals surface area contributed by atoms with Crippen LogP contribution in [0.15, 0.2) is 65.7 Å². The number of carbonyl (C=O) groups is 1. The van der Waals surface area contributed by atoms with Gasteiger partial charge < -0.3 is 5.32 Å². The van der Waals surface area contributed by atoms with E-state index >= 15 is 0 Å². The van der Waals surface area contributed by atoms with Crippen LogP contribution in [-0.4, -0.2) is 17.1 Å². The summed E-state index contributed by atoms with van der Waals surface area (Å²) in [7, 11) is 0. The van der Waals surface area contributed by atoms with Crippen molar-refractivity contribution in [2.75, 3.05) is 6.26 Å². The van der Waals surface area contributed by atoms with Gasteiger partial charge in [-0.25, -0.2) is 0 Å². The first-order valence-corrected chi connectivity index (χ1v) is 8.24. The number of hydrogen-bond acceptors (Lipinski definition) is 3. The lowest BCUT2D eigenvalue weighted by molar-refractivity contribution is 0.0951. The average Bonchev–Trinajstić information content (AvgIpc) is 2.59. The molecule has 0 saturated carbocycles. The van der Waals surface area contributed by atoms with Crippen molar-refractivity contribution in [1.29, 1.82) is 0 Å². The first kappa shape index (κ1) is 14.6. The van der Waals surface area contributed by atoms with Crippen LogP contribution >= 0.6 is 11.8 Å². The van der Waals surface area contributed by atoms with Gasteiger partial charge in [0, 0.05) is 28.6 Å². The lowest BCUT2D eigenvalue weighted by Crippen LogP contribution is -2.22. The molecule has 0 spiro atoms. The van der Waals surface area contributed by atoms with E-state index in [0.717, 1.165) is 16.5 Å². The van der Waals surface area contributed by atoms with Gasteiger partial charge in [0.2, 0.25) is 0 Å². The molecule has 0 aliphatic rings. The quantitative estimate of drug-likeness (QED) is 0.744. The van der Waals surface area contributed by atoms with Gasteiger partial charge in [-0.2, -0.15) is 0 Å². The summed E-state index contributed by atoms with van der Waals surface area (Å²) in [5, 5.41) is 3.93. The van der Waals surface area contributed by atoms with Crippen molar-refractivity contribution in [3.05, 3.63) is 71.9 Å². The van der Waals surface area contributed by atoms with Gasteiger partial charge in [0.25, 0.3) is 5.91 Å². The Balaban J connectivity index is 1.72. The predicted molar refractivity (Wildman–Crippen MR) is 91.1 cm³/mol. The lowest BCUT2D eigenvalue weighted by Gasteiger charge is -2.07. The molecule has 0 bridgehead atoms. The van der Waals surface area contributed by atoms with E-state index in [1.165, 1.54) is 4.90 Å². The highest BCUT2D eigenvalue weighted by atomic mass is 32.2. The van der Waals surface area contributed by atoms with E-state index in [1.807, 2.05) is 48.7 Å². The van der Waals surface area contributed by atoms with Crippen LogP contribution < -0.4 is 5.32 Å². The molecule has 110 valence electrons. The molecular formula is C18H16N2OS. The van der Waals surface area contributed by atoms with Gasteiger partial charge in [-0.1, -0.05) is 18.2 Å². The fourth-order valence-electron chi connectivity index (χ4n) is 2.28. The molecule has 0 unspecified atom stereocenters. The van der Waals surface area contributed by atoms with Crippen LogP contribution in [-0.2, 0) is 6.54 Å². The number of thioether (sulfide) groups is 1. The monoisotopic (exact) mass is 308 g/mol. The van der Waals surface area contributed by atoms with E-state index in [1.54, 1.807) is 18.0 Å². The zero-order valence-electron chi connectivity index (χ0n) is 12.2. The number of benzene rings is 2. The summed E-state index contributed by atoms with van der Waals surface area (Å²) < 4.78 is 0. The highest BCUT2D eigenvalue weighted by Crippen LogP contribution is 2.16. The molecule has 0 radical (unpaired) electrons. The summed E-state index contributed by atoms with van der Waals surface area (Å²) in [5.74, 6) is -0.0692. The zero-order valence-corrected chi connectivity index (χ0v) is 13.1. The Hall–Kier alpha value is -2.33. The van der Waals surface area contributed by atoms with Crippen LogP contribution in [0.3, 0.4) is 0 Å². The van der Waals surface area contributed by atoms with Crippen LogP contribution in [0.1, 0.15) is 15.9 Å². The third-order valence-electron chi connectivity index (χ3n) is 3.45. The number of aromatic nitrogens is 1.